The van der Waals surface area contributed by atoms with E-state index in [1.165, 1.54) is 0 Å². The summed E-state index contributed by atoms with van der Waals surface area (Å²) in [5.74, 6) is 1.46. The summed E-state index contributed by atoms with van der Waals surface area (Å²) in [6.45, 7) is 5.53. The number of aromatic amines is 1. The summed E-state index contributed by atoms with van der Waals surface area (Å²) >= 11 is 5.37. The molecule has 0 aliphatic carbocycles. The Morgan fingerprint density at radius 3 is 2.54 bits per heavy atom. The number of nitrogens with zero attached hydrogens (tertiary/aromatic N) is 1. The summed E-state index contributed by atoms with van der Waals surface area (Å²) in [7, 11) is 0. The molecule has 1 heterocycles. The Bertz CT molecular complexity index is 1020. The van der Waals surface area contributed by atoms with Crippen LogP contribution in [0.4, 0.5) is 0 Å². The minimum Gasteiger partial charge on any atom is -0.490 e. The summed E-state index contributed by atoms with van der Waals surface area (Å²) in [6.07, 6.45) is 0.669. The van der Waals surface area contributed by atoms with Gasteiger partial charge in [-0.15, -0.1) is 0 Å². The monoisotopic (exact) mass is 370 g/mol. The first-order valence-corrected chi connectivity index (χ1v) is 9.15. The van der Waals surface area contributed by atoms with Gasteiger partial charge in [-0.3, -0.25) is 9.36 Å². The van der Waals surface area contributed by atoms with E-state index in [1.54, 1.807) is 4.57 Å². The molecule has 0 radical (unpaired) electrons. The van der Waals surface area contributed by atoms with Gasteiger partial charge in [0.15, 0.2) is 16.3 Å². The molecular weight excluding hydrogens is 348 g/mol. The fourth-order valence-corrected chi connectivity index (χ4v) is 3.18. The van der Waals surface area contributed by atoms with Crippen molar-refractivity contribution in [3.63, 3.8) is 0 Å². The van der Waals surface area contributed by atoms with Crippen LogP contribution >= 0.6 is 12.2 Å². The minimum atomic E-state index is -0.0691. The van der Waals surface area contributed by atoms with Crippen LogP contribution in [0.3, 0.4) is 0 Å². The number of para-hydroxylation sites is 1. The normalized spacial score (nSPS) is 10.8. The predicted molar refractivity (Wildman–Crippen MR) is 106 cm³/mol. The molecule has 0 unspecified atom stereocenters. The lowest BCUT2D eigenvalue weighted by Gasteiger charge is -2.13. The zero-order valence-corrected chi connectivity index (χ0v) is 15.8. The second kappa shape index (κ2) is 8.19. The van der Waals surface area contributed by atoms with Crippen LogP contribution in [0.5, 0.6) is 11.5 Å². The van der Waals surface area contributed by atoms with Gasteiger partial charge in [-0.25, -0.2) is 0 Å². The van der Waals surface area contributed by atoms with Crippen LogP contribution in [0.2, 0.25) is 0 Å². The van der Waals surface area contributed by atoms with Crippen LogP contribution in [-0.2, 0) is 13.0 Å². The van der Waals surface area contributed by atoms with Gasteiger partial charge >= 0.3 is 0 Å². The van der Waals surface area contributed by atoms with E-state index in [4.69, 9.17) is 21.7 Å². The molecule has 0 amide bonds. The predicted octanol–water partition coefficient (Wildman–Crippen LogP) is 4.10. The van der Waals surface area contributed by atoms with E-state index in [2.05, 4.69) is 4.98 Å². The second-order valence-corrected chi connectivity index (χ2v) is 6.22. The third-order valence-electron chi connectivity index (χ3n) is 4.12. The number of benzene rings is 2. The zero-order valence-electron chi connectivity index (χ0n) is 15.0. The molecule has 136 valence electrons. The highest BCUT2D eigenvalue weighted by Crippen LogP contribution is 2.28. The molecule has 0 saturated carbocycles. The number of ether oxygens (including phenoxy) is 2. The van der Waals surface area contributed by atoms with Crippen molar-refractivity contribution in [1.29, 1.82) is 0 Å². The van der Waals surface area contributed by atoms with Gasteiger partial charge in [0.05, 0.1) is 24.1 Å². The molecule has 0 saturated heterocycles. The van der Waals surface area contributed by atoms with Crippen LogP contribution in [0.1, 0.15) is 19.4 Å². The van der Waals surface area contributed by atoms with Gasteiger partial charge in [0.25, 0.3) is 5.56 Å². The number of hydrogen-bond acceptors (Lipinski definition) is 4. The zero-order chi connectivity index (χ0) is 18.5. The van der Waals surface area contributed by atoms with Crippen LogP contribution in [-0.4, -0.2) is 22.8 Å². The van der Waals surface area contributed by atoms with E-state index >= 15 is 0 Å². The molecule has 2 aromatic carbocycles. The van der Waals surface area contributed by atoms with Gasteiger partial charge in [-0.2, -0.15) is 0 Å². The summed E-state index contributed by atoms with van der Waals surface area (Å²) < 4.78 is 13.3. The average Bonchev–Trinajstić information content (AvgIpc) is 2.64. The smallest absolute Gasteiger partial charge is 0.262 e. The largest absolute Gasteiger partial charge is 0.490 e. The minimum absolute atomic E-state index is 0.0691. The van der Waals surface area contributed by atoms with E-state index in [1.807, 2.05) is 56.3 Å². The fourth-order valence-electron chi connectivity index (χ4n) is 2.89. The second-order valence-electron chi connectivity index (χ2n) is 5.83. The molecule has 3 aromatic rings. The summed E-state index contributed by atoms with van der Waals surface area (Å²) in [6, 6.07) is 13.3. The summed E-state index contributed by atoms with van der Waals surface area (Å²) in [5, 5.41) is 0.641. The lowest BCUT2D eigenvalue weighted by molar-refractivity contribution is 0.287. The van der Waals surface area contributed by atoms with Gasteiger partial charge in [0.1, 0.15) is 0 Å². The molecule has 26 heavy (non-hydrogen) atoms. The Labute approximate surface area is 157 Å². The maximum absolute atomic E-state index is 12.7. The first-order chi connectivity index (χ1) is 12.6. The number of rotatable bonds is 7. The molecule has 0 fully saturated rings. The van der Waals surface area contributed by atoms with Crippen LogP contribution in [0, 0.1) is 4.77 Å². The standard InChI is InChI=1S/C20H22N2O3S/c1-3-24-17-10-9-14(13-18(17)25-4-2)11-12-22-19(23)15-7-5-6-8-16(15)21-20(22)26/h5-10,13H,3-4,11-12H2,1-2H3,(H,21,26). The van der Waals surface area contributed by atoms with Gasteiger partial charge in [0, 0.05) is 6.54 Å². The Kier molecular flexibility index (Phi) is 5.73. The van der Waals surface area contributed by atoms with Crippen molar-refractivity contribution in [2.75, 3.05) is 13.2 Å². The number of aromatic nitrogens is 2. The summed E-state index contributed by atoms with van der Waals surface area (Å²) in [4.78, 5) is 15.8. The maximum atomic E-state index is 12.7. The lowest BCUT2D eigenvalue weighted by Crippen LogP contribution is -2.23. The number of fused-ring (bicyclic) bond motifs is 1. The van der Waals surface area contributed by atoms with Crippen molar-refractivity contribution in [2.45, 2.75) is 26.8 Å². The molecule has 0 spiro atoms. The van der Waals surface area contributed by atoms with Gasteiger partial charge < -0.3 is 14.5 Å². The van der Waals surface area contributed by atoms with Crippen molar-refractivity contribution >= 4 is 23.1 Å². The van der Waals surface area contributed by atoms with Crippen LogP contribution < -0.4 is 15.0 Å². The molecule has 6 heteroatoms. The Morgan fingerprint density at radius 2 is 1.77 bits per heavy atom. The van der Waals surface area contributed by atoms with Crippen molar-refractivity contribution in [1.82, 2.24) is 9.55 Å². The highest BCUT2D eigenvalue weighted by molar-refractivity contribution is 7.71. The Balaban J connectivity index is 1.87. The average molecular weight is 370 g/mol. The third-order valence-corrected chi connectivity index (χ3v) is 4.44. The highest BCUT2D eigenvalue weighted by Gasteiger charge is 2.08. The van der Waals surface area contributed by atoms with Crippen molar-refractivity contribution < 1.29 is 9.47 Å². The van der Waals surface area contributed by atoms with Crippen molar-refractivity contribution in [3.8, 4) is 11.5 Å². The lowest BCUT2D eigenvalue weighted by atomic mass is 10.1. The van der Waals surface area contributed by atoms with Gasteiger partial charge in [0.2, 0.25) is 0 Å². The molecular formula is C20H22N2O3S. The molecule has 0 aliphatic rings. The molecule has 0 aliphatic heterocycles. The number of aryl methyl sites for hydroxylation is 1. The van der Waals surface area contributed by atoms with E-state index in [-0.39, 0.29) is 5.56 Å². The van der Waals surface area contributed by atoms with E-state index in [9.17, 15) is 4.79 Å². The molecule has 1 N–H and O–H groups in total. The van der Waals surface area contributed by atoms with Crippen LogP contribution in [0.15, 0.2) is 47.3 Å². The Morgan fingerprint density at radius 1 is 1.04 bits per heavy atom. The molecule has 0 atom stereocenters. The van der Waals surface area contributed by atoms with Crippen LogP contribution in [0.25, 0.3) is 10.9 Å². The molecule has 3 rings (SSSR count). The first kappa shape index (κ1) is 18.2. The van der Waals surface area contributed by atoms with E-state index in [0.717, 1.165) is 22.6 Å². The van der Waals surface area contributed by atoms with E-state index < -0.39 is 0 Å². The van der Waals surface area contributed by atoms with Crippen molar-refractivity contribution in [2.24, 2.45) is 0 Å². The maximum Gasteiger partial charge on any atom is 0.262 e. The van der Waals surface area contributed by atoms with Gasteiger partial charge in [-0.05, 0) is 62.3 Å². The highest BCUT2D eigenvalue weighted by atomic mass is 32.1. The SMILES string of the molecule is CCOc1ccc(CCn2c(=S)[nH]c3ccccc3c2=O)cc1OCC. The molecule has 0 bridgehead atoms. The topological polar surface area (TPSA) is 56.2 Å². The van der Waals surface area contributed by atoms with Gasteiger partial charge in [-0.1, -0.05) is 18.2 Å². The quantitative estimate of drug-likeness (QED) is 0.636. The summed E-state index contributed by atoms with van der Waals surface area (Å²) in [5.41, 5.74) is 1.75. The molecule has 5 nitrogen and oxygen atoms in total. The third kappa shape index (κ3) is 3.80. The number of hydrogen-bond donors (Lipinski definition) is 1. The van der Waals surface area contributed by atoms with E-state index in [0.29, 0.717) is 36.3 Å². The fraction of sp³-hybridized carbons (Fsp3) is 0.300. The number of H-pyrrole nitrogens is 1. The Hall–Kier alpha value is -2.60. The number of nitrogens with one attached hydrogen (secondary N) is 1. The van der Waals surface area contributed by atoms with Crippen molar-refractivity contribution in [3.05, 3.63) is 63.2 Å². The first-order valence-electron chi connectivity index (χ1n) is 8.74. The molecule has 1 aromatic heterocycles.